The Balaban J connectivity index is 1.72. The summed E-state index contributed by atoms with van der Waals surface area (Å²) in [5.74, 6) is 5.69. The molecule has 2 aromatic heterocycles. The van der Waals surface area contributed by atoms with Gasteiger partial charge in [-0.05, 0) is 58.1 Å². The number of fused-ring (bicyclic) bond motifs is 1. The number of carbonyl (C=O) groups is 1. The molecule has 0 saturated carbocycles. The molecule has 1 unspecified atom stereocenters. The van der Waals surface area contributed by atoms with E-state index >= 15 is 0 Å². The van der Waals surface area contributed by atoms with Crippen LogP contribution in [0.15, 0.2) is 16.5 Å². The van der Waals surface area contributed by atoms with Crippen LogP contribution in [0.1, 0.15) is 64.6 Å². The lowest BCUT2D eigenvalue weighted by molar-refractivity contribution is 0.0903. The molecule has 126 valence electrons. The predicted molar refractivity (Wildman–Crippen MR) is 91.9 cm³/mol. The maximum atomic E-state index is 12.4. The third-order valence-corrected chi connectivity index (χ3v) is 4.73. The first-order valence-electron chi connectivity index (χ1n) is 7.94. The van der Waals surface area contributed by atoms with Gasteiger partial charge in [0, 0.05) is 4.88 Å². The lowest BCUT2D eigenvalue weighted by Crippen LogP contribution is -2.30. The Labute approximate surface area is 145 Å². The van der Waals surface area contributed by atoms with Crippen LogP contribution in [0.25, 0.3) is 0 Å². The molecule has 0 aromatic carbocycles. The molecule has 2 aromatic rings. The quantitative estimate of drug-likeness (QED) is 0.821. The van der Waals surface area contributed by atoms with Crippen LogP contribution in [0, 0.1) is 18.8 Å². The average molecular weight is 344 g/mol. The van der Waals surface area contributed by atoms with Gasteiger partial charge in [-0.2, -0.15) is 0 Å². The Bertz CT molecular complexity index is 817. The molecule has 0 fully saturated rings. The van der Waals surface area contributed by atoms with Crippen molar-refractivity contribution in [2.24, 2.45) is 0 Å². The fraction of sp³-hybridized carbons (Fsp3) is 0.444. The van der Waals surface area contributed by atoms with Crippen LogP contribution >= 0.6 is 11.3 Å². The van der Waals surface area contributed by atoms with E-state index in [-0.39, 0.29) is 17.7 Å². The minimum absolute atomic E-state index is 0.0674. The minimum atomic E-state index is -1.10. The Hall–Kier alpha value is -2.10. The predicted octanol–water partition coefficient (Wildman–Crippen LogP) is 2.97. The van der Waals surface area contributed by atoms with E-state index in [1.807, 2.05) is 6.92 Å². The number of thiazole rings is 1. The van der Waals surface area contributed by atoms with Gasteiger partial charge in [0.2, 0.25) is 0 Å². The molecule has 5 nitrogen and oxygen atoms in total. The molecule has 24 heavy (non-hydrogen) atoms. The number of hydrogen-bond donors (Lipinski definition) is 2. The van der Waals surface area contributed by atoms with E-state index in [2.05, 4.69) is 22.1 Å². The zero-order valence-electron chi connectivity index (χ0n) is 14.0. The van der Waals surface area contributed by atoms with E-state index in [0.717, 1.165) is 30.0 Å². The fourth-order valence-corrected chi connectivity index (χ4v) is 3.69. The Kier molecular flexibility index (Phi) is 4.48. The monoisotopic (exact) mass is 344 g/mol. The molecular formula is C18H20N2O3S. The summed E-state index contributed by atoms with van der Waals surface area (Å²) in [6.07, 6.45) is 2.96. The highest BCUT2D eigenvalue weighted by Crippen LogP contribution is 2.33. The average Bonchev–Trinajstić information content (AvgIpc) is 3.10. The highest BCUT2D eigenvalue weighted by atomic mass is 32.1. The van der Waals surface area contributed by atoms with Gasteiger partial charge in [-0.15, -0.1) is 11.3 Å². The maximum Gasteiger partial charge on any atom is 0.287 e. The zero-order valence-corrected chi connectivity index (χ0v) is 14.8. The van der Waals surface area contributed by atoms with Gasteiger partial charge in [0.05, 0.1) is 16.7 Å². The lowest BCUT2D eigenvalue weighted by Gasteiger charge is -2.21. The first-order valence-corrected chi connectivity index (χ1v) is 8.76. The fourth-order valence-electron chi connectivity index (χ4n) is 2.65. The molecular weight excluding hydrogens is 324 g/mol. The maximum absolute atomic E-state index is 12.4. The van der Waals surface area contributed by atoms with Gasteiger partial charge in [-0.3, -0.25) is 4.79 Å². The summed E-state index contributed by atoms with van der Waals surface area (Å²) in [6, 6.07) is 3.16. The van der Waals surface area contributed by atoms with Crippen LogP contribution in [0.4, 0.5) is 0 Å². The standard InChI is InChI=1S/C18H20N2O3S/c1-11-19-16-13(5-4-6-15(16)24-11)20-17(21)14-8-7-12(23-14)9-10-18(2,3)22/h7-8,13,22H,4-6H2,1-3H3,(H,20,21). The van der Waals surface area contributed by atoms with Gasteiger partial charge in [-0.25, -0.2) is 4.98 Å². The number of carbonyl (C=O) groups excluding carboxylic acids is 1. The number of nitrogens with zero attached hydrogens (tertiary/aromatic N) is 1. The number of aromatic nitrogens is 1. The van der Waals surface area contributed by atoms with Crippen molar-refractivity contribution in [2.45, 2.75) is 51.7 Å². The minimum Gasteiger partial charge on any atom is -0.443 e. The number of nitrogens with one attached hydrogen (secondary N) is 1. The SMILES string of the molecule is Cc1nc2c(s1)CCCC2NC(=O)c1ccc(C#CC(C)(C)O)o1. The topological polar surface area (TPSA) is 75.4 Å². The largest absolute Gasteiger partial charge is 0.443 e. The first kappa shape index (κ1) is 16.7. The van der Waals surface area contributed by atoms with Crippen molar-refractivity contribution >= 4 is 17.2 Å². The lowest BCUT2D eigenvalue weighted by atomic mass is 9.97. The molecule has 1 aliphatic carbocycles. The molecule has 3 rings (SSSR count). The van der Waals surface area contributed by atoms with Crippen molar-refractivity contribution < 1.29 is 14.3 Å². The van der Waals surface area contributed by atoms with Crippen LogP contribution in [0.3, 0.4) is 0 Å². The van der Waals surface area contributed by atoms with Crippen LogP contribution in [0.2, 0.25) is 0 Å². The second-order valence-corrected chi connectivity index (χ2v) is 7.72. The highest BCUT2D eigenvalue weighted by molar-refractivity contribution is 7.11. The van der Waals surface area contributed by atoms with E-state index in [1.165, 1.54) is 4.88 Å². The van der Waals surface area contributed by atoms with Crippen LogP contribution in [0.5, 0.6) is 0 Å². The molecule has 0 aliphatic heterocycles. The van der Waals surface area contributed by atoms with Gasteiger partial charge in [0.25, 0.3) is 5.91 Å². The molecule has 2 heterocycles. The molecule has 0 saturated heterocycles. The molecule has 0 bridgehead atoms. The van der Waals surface area contributed by atoms with E-state index in [0.29, 0.717) is 5.76 Å². The second kappa shape index (κ2) is 6.42. The third-order valence-electron chi connectivity index (χ3n) is 3.69. The summed E-state index contributed by atoms with van der Waals surface area (Å²) in [6.45, 7) is 5.17. The number of hydrogen-bond acceptors (Lipinski definition) is 5. The van der Waals surface area contributed by atoms with E-state index in [4.69, 9.17) is 4.42 Å². The molecule has 1 aliphatic rings. The van der Waals surface area contributed by atoms with Gasteiger partial charge < -0.3 is 14.8 Å². The summed E-state index contributed by atoms with van der Waals surface area (Å²) >= 11 is 1.70. The van der Waals surface area contributed by atoms with Gasteiger partial charge in [0.1, 0.15) is 5.60 Å². The van der Waals surface area contributed by atoms with Gasteiger partial charge >= 0.3 is 0 Å². The van der Waals surface area contributed by atoms with E-state index in [1.54, 1.807) is 37.3 Å². The first-order chi connectivity index (χ1) is 11.3. The Morgan fingerprint density at radius 1 is 1.50 bits per heavy atom. The number of furan rings is 1. The summed E-state index contributed by atoms with van der Waals surface area (Å²) in [5, 5.41) is 13.6. The van der Waals surface area contributed by atoms with Crippen LogP contribution in [-0.4, -0.2) is 21.6 Å². The van der Waals surface area contributed by atoms with Gasteiger partial charge in [-0.1, -0.05) is 5.92 Å². The van der Waals surface area contributed by atoms with Crippen molar-refractivity contribution in [3.63, 3.8) is 0 Å². The van der Waals surface area contributed by atoms with Gasteiger partial charge in [0.15, 0.2) is 11.5 Å². The number of amides is 1. The molecule has 1 amide bonds. The van der Waals surface area contributed by atoms with Crippen molar-refractivity contribution in [2.75, 3.05) is 0 Å². The summed E-state index contributed by atoms with van der Waals surface area (Å²) in [5.41, 5.74) is -0.110. The molecule has 0 spiro atoms. The molecule has 1 atom stereocenters. The Morgan fingerprint density at radius 2 is 2.29 bits per heavy atom. The highest BCUT2D eigenvalue weighted by Gasteiger charge is 2.26. The van der Waals surface area contributed by atoms with E-state index < -0.39 is 5.60 Å². The summed E-state index contributed by atoms with van der Waals surface area (Å²) < 4.78 is 5.46. The second-order valence-electron chi connectivity index (χ2n) is 6.43. The Morgan fingerprint density at radius 3 is 3.04 bits per heavy atom. The third kappa shape index (κ3) is 3.86. The van der Waals surface area contributed by atoms with Crippen LogP contribution in [-0.2, 0) is 6.42 Å². The molecule has 2 N–H and O–H groups in total. The molecule has 0 radical (unpaired) electrons. The smallest absolute Gasteiger partial charge is 0.287 e. The van der Waals surface area contributed by atoms with Crippen molar-refractivity contribution in [3.8, 4) is 11.8 Å². The normalized spacial score (nSPS) is 16.9. The number of rotatable bonds is 2. The van der Waals surface area contributed by atoms with Crippen LogP contribution < -0.4 is 5.32 Å². The number of aliphatic hydroxyl groups is 1. The summed E-state index contributed by atoms with van der Waals surface area (Å²) in [4.78, 5) is 18.2. The zero-order chi connectivity index (χ0) is 17.3. The van der Waals surface area contributed by atoms with E-state index in [9.17, 15) is 9.90 Å². The van der Waals surface area contributed by atoms with Crippen molar-refractivity contribution in [1.29, 1.82) is 0 Å². The molecule has 6 heteroatoms. The summed E-state index contributed by atoms with van der Waals surface area (Å²) in [7, 11) is 0. The number of aryl methyl sites for hydroxylation is 2. The van der Waals surface area contributed by atoms with Crippen molar-refractivity contribution in [1.82, 2.24) is 10.3 Å². The van der Waals surface area contributed by atoms with Crippen molar-refractivity contribution in [3.05, 3.63) is 39.2 Å².